The average Bonchev–Trinajstić information content (AvgIpc) is 2.78. The van der Waals surface area contributed by atoms with Crippen molar-refractivity contribution >= 4 is 5.82 Å². The Kier molecular flexibility index (Phi) is 1.50. The predicted molar refractivity (Wildman–Crippen MR) is 56.4 cm³/mol. The molecule has 1 N–H and O–H groups in total. The van der Waals surface area contributed by atoms with E-state index in [2.05, 4.69) is 35.0 Å². The van der Waals surface area contributed by atoms with Gasteiger partial charge in [-0.15, -0.1) is 0 Å². The van der Waals surface area contributed by atoms with Crippen molar-refractivity contribution in [3.63, 3.8) is 0 Å². The van der Waals surface area contributed by atoms with Crippen LogP contribution in [-0.2, 0) is 0 Å². The zero-order valence-corrected chi connectivity index (χ0v) is 8.88. The van der Waals surface area contributed by atoms with Crippen LogP contribution in [0.25, 0.3) is 0 Å². The molecule has 1 aromatic rings. The van der Waals surface area contributed by atoms with Gasteiger partial charge in [-0.1, -0.05) is 6.92 Å². The number of anilines is 1. The summed E-state index contributed by atoms with van der Waals surface area (Å²) in [6.07, 6.45) is 3.97. The van der Waals surface area contributed by atoms with Gasteiger partial charge in [0.15, 0.2) is 0 Å². The lowest BCUT2D eigenvalue weighted by Gasteiger charge is -2.30. The molecular weight excluding hydrogens is 174 g/mol. The first-order valence-corrected chi connectivity index (χ1v) is 5.49. The highest BCUT2D eigenvalue weighted by Crippen LogP contribution is 2.56. The van der Waals surface area contributed by atoms with E-state index in [0.717, 1.165) is 12.2 Å². The lowest BCUT2D eigenvalue weighted by Crippen LogP contribution is -2.28. The summed E-state index contributed by atoms with van der Waals surface area (Å²) in [6.45, 7) is 5.56. The van der Waals surface area contributed by atoms with Gasteiger partial charge in [-0.05, 0) is 31.6 Å². The van der Waals surface area contributed by atoms with Gasteiger partial charge in [-0.25, -0.2) is 4.68 Å². The number of hydrogen-bond acceptors (Lipinski definition) is 2. The van der Waals surface area contributed by atoms with E-state index in [-0.39, 0.29) is 0 Å². The molecule has 1 aromatic heterocycles. The van der Waals surface area contributed by atoms with Crippen molar-refractivity contribution in [2.45, 2.75) is 39.2 Å². The summed E-state index contributed by atoms with van der Waals surface area (Å²) >= 11 is 0. The van der Waals surface area contributed by atoms with E-state index in [0.29, 0.717) is 11.5 Å². The fourth-order valence-corrected chi connectivity index (χ4v) is 2.52. The van der Waals surface area contributed by atoms with Gasteiger partial charge in [0.2, 0.25) is 0 Å². The third kappa shape index (κ3) is 1.08. The number of fused-ring (bicyclic) bond motifs is 1. The third-order valence-electron chi connectivity index (χ3n) is 3.72. The topological polar surface area (TPSA) is 29.9 Å². The van der Waals surface area contributed by atoms with Gasteiger partial charge >= 0.3 is 0 Å². The second kappa shape index (κ2) is 2.53. The number of nitrogens with zero attached hydrogens (tertiary/aromatic N) is 2. The normalized spacial score (nSPS) is 28.0. The van der Waals surface area contributed by atoms with Crippen LogP contribution in [0, 0.1) is 12.3 Å². The number of aryl methyl sites for hydroxylation is 1. The van der Waals surface area contributed by atoms with Crippen LogP contribution in [0.5, 0.6) is 0 Å². The first-order valence-electron chi connectivity index (χ1n) is 5.49. The van der Waals surface area contributed by atoms with E-state index >= 15 is 0 Å². The summed E-state index contributed by atoms with van der Waals surface area (Å²) in [5.41, 5.74) is 1.67. The lowest BCUT2D eigenvalue weighted by atomic mass is 9.95. The summed E-state index contributed by atoms with van der Waals surface area (Å²) in [5, 5.41) is 8.01. The Hall–Kier alpha value is -0.990. The fourth-order valence-electron chi connectivity index (χ4n) is 2.52. The first kappa shape index (κ1) is 8.33. The first-order chi connectivity index (χ1) is 6.69. The van der Waals surface area contributed by atoms with E-state index in [4.69, 9.17) is 0 Å². The maximum atomic E-state index is 4.59. The Balaban J connectivity index is 2.02. The van der Waals surface area contributed by atoms with E-state index < -0.39 is 0 Å². The van der Waals surface area contributed by atoms with Gasteiger partial charge in [0.1, 0.15) is 5.82 Å². The number of rotatable bonds is 1. The molecule has 76 valence electrons. The van der Waals surface area contributed by atoms with Gasteiger partial charge < -0.3 is 5.32 Å². The van der Waals surface area contributed by atoms with E-state index in [9.17, 15) is 0 Å². The molecule has 0 aromatic carbocycles. The zero-order chi connectivity index (χ0) is 9.76. The largest absolute Gasteiger partial charge is 0.370 e. The number of nitrogens with one attached hydrogen (secondary N) is 1. The van der Waals surface area contributed by atoms with Gasteiger partial charge in [0.25, 0.3) is 0 Å². The van der Waals surface area contributed by atoms with E-state index in [1.165, 1.54) is 25.1 Å². The Morgan fingerprint density at radius 1 is 1.57 bits per heavy atom. The van der Waals surface area contributed by atoms with Gasteiger partial charge in [0, 0.05) is 12.6 Å². The molecule has 2 heterocycles. The molecular formula is C11H17N3. The quantitative estimate of drug-likeness (QED) is 0.738. The maximum absolute atomic E-state index is 4.59. The lowest BCUT2D eigenvalue weighted by molar-refractivity contribution is 0.284. The molecule has 1 saturated carbocycles. The minimum atomic E-state index is 0.537. The van der Waals surface area contributed by atoms with E-state index in [1.54, 1.807) is 0 Å². The second-order valence-corrected chi connectivity index (χ2v) is 5.00. The van der Waals surface area contributed by atoms with Crippen LogP contribution in [-0.4, -0.2) is 16.3 Å². The summed E-state index contributed by atoms with van der Waals surface area (Å²) < 4.78 is 2.21. The molecule has 1 aliphatic carbocycles. The Bertz CT molecular complexity index is 363. The minimum absolute atomic E-state index is 0.537. The van der Waals surface area contributed by atoms with Gasteiger partial charge in [0.05, 0.1) is 11.7 Å². The smallest absolute Gasteiger partial charge is 0.124 e. The van der Waals surface area contributed by atoms with Crippen molar-refractivity contribution in [2.24, 2.45) is 5.41 Å². The molecule has 14 heavy (non-hydrogen) atoms. The van der Waals surface area contributed by atoms with Crippen LogP contribution in [0.4, 0.5) is 5.82 Å². The molecule has 0 spiro atoms. The number of aromatic nitrogens is 2. The van der Waals surface area contributed by atoms with Gasteiger partial charge in [-0.2, -0.15) is 5.10 Å². The van der Waals surface area contributed by atoms with Crippen molar-refractivity contribution in [3.05, 3.63) is 11.8 Å². The highest BCUT2D eigenvalue weighted by Gasteiger charge is 2.47. The summed E-state index contributed by atoms with van der Waals surface area (Å²) in [7, 11) is 0. The van der Waals surface area contributed by atoms with Crippen molar-refractivity contribution in [1.29, 1.82) is 0 Å². The maximum Gasteiger partial charge on any atom is 0.124 e. The van der Waals surface area contributed by atoms with Crippen LogP contribution in [0.15, 0.2) is 6.07 Å². The van der Waals surface area contributed by atoms with Crippen LogP contribution in [0.3, 0.4) is 0 Å². The summed E-state index contributed by atoms with van der Waals surface area (Å²) in [5.74, 6) is 1.21. The Morgan fingerprint density at radius 3 is 3.07 bits per heavy atom. The third-order valence-corrected chi connectivity index (χ3v) is 3.72. The van der Waals surface area contributed by atoms with Gasteiger partial charge in [-0.3, -0.25) is 0 Å². The molecule has 0 amide bonds. The molecule has 0 radical (unpaired) electrons. The zero-order valence-electron chi connectivity index (χ0n) is 8.88. The van der Waals surface area contributed by atoms with Crippen LogP contribution < -0.4 is 5.32 Å². The average molecular weight is 191 g/mol. The molecule has 1 aliphatic heterocycles. The molecule has 0 saturated heterocycles. The fraction of sp³-hybridized carbons (Fsp3) is 0.727. The molecule has 3 heteroatoms. The summed E-state index contributed by atoms with van der Waals surface area (Å²) in [6, 6.07) is 2.78. The monoisotopic (exact) mass is 191 g/mol. The number of hydrogen-bond donors (Lipinski definition) is 1. The molecule has 0 bridgehead atoms. The highest BCUT2D eigenvalue weighted by atomic mass is 15.4. The van der Waals surface area contributed by atoms with Crippen molar-refractivity contribution < 1.29 is 0 Å². The van der Waals surface area contributed by atoms with Crippen LogP contribution >= 0.6 is 0 Å². The molecule has 2 aliphatic rings. The molecule has 1 atom stereocenters. The van der Waals surface area contributed by atoms with Crippen LogP contribution in [0.1, 0.15) is 37.9 Å². The van der Waals surface area contributed by atoms with Crippen molar-refractivity contribution in [1.82, 2.24) is 9.78 Å². The Morgan fingerprint density at radius 2 is 2.36 bits per heavy atom. The standard InChI is InChI=1S/C11H17N3/c1-8-7-10-12-6-3-9(14(10)13-8)11(2)4-5-11/h7,9,12H,3-6H2,1-2H3. The predicted octanol–water partition coefficient (Wildman–Crippen LogP) is 2.35. The minimum Gasteiger partial charge on any atom is -0.370 e. The molecule has 1 fully saturated rings. The Labute approximate surface area is 84.5 Å². The summed E-state index contributed by atoms with van der Waals surface area (Å²) in [4.78, 5) is 0. The molecule has 1 unspecified atom stereocenters. The highest BCUT2D eigenvalue weighted by molar-refractivity contribution is 5.39. The second-order valence-electron chi connectivity index (χ2n) is 5.00. The SMILES string of the molecule is Cc1cc2n(n1)C(C1(C)CC1)CCN2. The van der Waals surface area contributed by atoms with Crippen molar-refractivity contribution in [3.8, 4) is 0 Å². The van der Waals surface area contributed by atoms with Crippen LogP contribution in [0.2, 0.25) is 0 Å². The van der Waals surface area contributed by atoms with Crippen molar-refractivity contribution in [2.75, 3.05) is 11.9 Å². The molecule has 3 nitrogen and oxygen atoms in total. The molecule has 3 rings (SSSR count). The van der Waals surface area contributed by atoms with E-state index in [1.807, 2.05) is 0 Å².